The summed E-state index contributed by atoms with van der Waals surface area (Å²) in [6.07, 6.45) is 1.58. The Morgan fingerprint density at radius 2 is 2.60 bits per heavy atom. The van der Waals surface area contributed by atoms with Gasteiger partial charge < -0.3 is 10.1 Å². The molecular weight excluding hydrogens is 132 g/mol. The molecule has 4 heteroatoms. The molecule has 0 aromatic rings. The highest BCUT2D eigenvalue weighted by Crippen LogP contribution is 2.05. The van der Waals surface area contributed by atoms with Crippen molar-refractivity contribution in [2.24, 2.45) is 0 Å². The maximum atomic E-state index is 10.6. The Kier molecular flexibility index (Phi) is 2.50. The highest BCUT2D eigenvalue weighted by molar-refractivity contribution is 5.66. The van der Waals surface area contributed by atoms with Crippen LogP contribution >= 0.6 is 0 Å². The van der Waals surface area contributed by atoms with Gasteiger partial charge in [-0.1, -0.05) is 0 Å². The summed E-state index contributed by atoms with van der Waals surface area (Å²) in [4.78, 5) is 10.6. The van der Waals surface area contributed by atoms with Crippen molar-refractivity contribution in [3.8, 4) is 0 Å². The number of hydrogen-bond donors (Lipinski definition) is 2. The summed E-state index contributed by atoms with van der Waals surface area (Å²) in [6.45, 7) is 0.946. The smallest absolute Gasteiger partial charge is 0.408 e. The van der Waals surface area contributed by atoms with Gasteiger partial charge in [0.05, 0.1) is 0 Å². The monoisotopic (exact) mass is 144 g/mol. The molecule has 1 aliphatic heterocycles. The largest absolute Gasteiger partial charge is 0.430 e. The summed E-state index contributed by atoms with van der Waals surface area (Å²) in [5, 5.41) is 5.43. The first kappa shape index (κ1) is 7.34. The molecule has 1 amide bonds. The number of alkyl carbamates (subject to hydrolysis) is 1. The van der Waals surface area contributed by atoms with Crippen LogP contribution in [-0.2, 0) is 4.74 Å². The number of ether oxygens (including phenoxy) is 1. The van der Waals surface area contributed by atoms with Crippen LogP contribution in [0.25, 0.3) is 0 Å². The summed E-state index contributed by atoms with van der Waals surface area (Å²) in [7, 11) is 1.55. The third kappa shape index (κ3) is 1.88. The minimum absolute atomic E-state index is 0.0695. The molecule has 0 saturated carbocycles. The molecule has 1 atom stereocenters. The number of amides is 1. The highest BCUT2D eigenvalue weighted by Gasteiger charge is 2.16. The van der Waals surface area contributed by atoms with E-state index in [9.17, 15) is 4.79 Å². The summed E-state index contributed by atoms with van der Waals surface area (Å²) < 4.78 is 4.90. The predicted octanol–water partition coefficient (Wildman–Crippen LogP) is 0.0519. The van der Waals surface area contributed by atoms with E-state index in [4.69, 9.17) is 4.74 Å². The molecule has 1 fully saturated rings. The number of nitrogens with one attached hydrogen (secondary N) is 2. The molecule has 2 N–H and O–H groups in total. The standard InChI is InChI=1S/C6H12N2O2/c1-7-6(9)10-5-3-2-4-8-5/h5,8H,2-4H2,1H3,(H,7,9)/t5-/m0/s1. The Hall–Kier alpha value is -0.770. The minimum atomic E-state index is -0.362. The lowest BCUT2D eigenvalue weighted by molar-refractivity contribution is 0.0914. The maximum absolute atomic E-state index is 10.6. The van der Waals surface area contributed by atoms with Gasteiger partial charge in [0.25, 0.3) is 0 Å². The summed E-state index contributed by atoms with van der Waals surface area (Å²) in [6, 6.07) is 0. The van der Waals surface area contributed by atoms with E-state index in [0.717, 1.165) is 19.4 Å². The Morgan fingerprint density at radius 1 is 1.80 bits per heavy atom. The maximum Gasteiger partial charge on any atom is 0.408 e. The van der Waals surface area contributed by atoms with Crippen molar-refractivity contribution in [2.45, 2.75) is 19.1 Å². The minimum Gasteiger partial charge on any atom is -0.430 e. The quantitative estimate of drug-likeness (QED) is 0.546. The molecular formula is C6H12N2O2. The first-order chi connectivity index (χ1) is 4.83. The van der Waals surface area contributed by atoms with Crippen LogP contribution in [0, 0.1) is 0 Å². The van der Waals surface area contributed by atoms with Gasteiger partial charge in [-0.15, -0.1) is 0 Å². The lowest BCUT2D eigenvalue weighted by Gasteiger charge is -2.10. The van der Waals surface area contributed by atoms with Gasteiger partial charge in [-0.3, -0.25) is 5.32 Å². The lowest BCUT2D eigenvalue weighted by Crippen LogP contribution is -2.31. The molecule has 58 valence electrons. The Bertz CT molecular complexity index is 121. The van der Waals surface area contributed by atoms with Crippen molar-refractivity contribution in [3.05, 3.63) is 0 Å². The molecule has 0 aromatic carbocycles. The van der Waals surface area contributed by atoms with Gasteiger partial charge in [0.15, 0.2) is 6.23 Å². The van der Waals surface area contributed by atoms with Crippen LogP contribution in [0.15, 0.2) is 0 Å². The predicted molar refractivity (Wildman–Crippen MR) is 36.6 cm³/mol. The molecule has 10 heavy (non-hydrogen) atoms. The highest BCUT2D eigenvalue weighted by atomic mass is 16.6. The topological polar surface area (TPSA) is 50.4 Å². The van der Waals surface area contributed by atoms with Crippen LogP contribution in [0.3, 0.4) is 0 Å². The average molecular weight is 144 g/mol. The zero-order chi connectivity index (χ0) is 7.40. The van der Waals surface area contributed by atoms with Gasteiger partial charge >= 0.3 is 6.09 Å². The molecule has 1 heterocycles. The van der Waals surface area contributed by atoms with Gasteiger partial charge in [0.1, 0.15) is 0 Å². The van der Waals surface area contributed by atoms with E-state index >= 15 is 0 Å². The van der Waals surface area contributed by atoms with Crippen LogP contribution < -0.4 is 10.6 Å². The number of carbonyl (C=O) groups is 1. The van der Waals surface area contributed by atoms with Crippen molar-refractivity contribution in [2.75, 3.05) is 13.6 Å². The fourth-order valence-electron chi connectivity index (χ4n) is 0.941. The first-order valence-electron chi connectivity index (χ1n) is 3.44. The normalized spacial score (nSPS) is 24.3. The molecule has 0 spiro atoms. The summed E-state index contributed by atoms with van der Waals surface area (Å²) in [5.74, 6) is 0. The van der Waals surface area contributed by atoms with Crippen LogP contribution in [-0.4, -0.2) is 25.9 Å². The van der Waals surface area contributed by atoms with E-state index in [1.54, 1.807) is 7.05 Å². The van der Waals surface area contributed by atoms with Crippen molar-refractivity contribution in [1.82, 2.24) is 10.6 Å². The van der Waals surface area contributed by atoms with Gasteiger partial charge in [0.2, 0.25) is 0 Å². The second kappa shape index (κ2) is 3.41. The number of carbonyl (C=O) groups excluding carboxylic acids is 1. The molecule has 4 nitrogen and oxygen atoms in total. The van der Waals surface area contributed by atoms with Gasteiger partial charge in [-0.05, 0) is 19.4 Å². The van der Waals surface area contributed by atoms with Crippen LogP contribution in [0.2, 0.25) is 0 Å². The molecule has 0 aromatic heterocycles. The number of rotatable bonds is 1. The first-order valence-corrected chi connectivity index (χ1v) is 3.44. The SMILES string of the molecule is CNC(=O)O[C@H]1CCCN1. The third-order valence-corrected chi connectivity index (χ3v) is 1.47. The van der Waals surface area contributed by atoms with E-state index in [0.29, 0.717) is 0 Å². The zero-order valence-electron chi connectivity index (χ0n) is 6.02. The summed E-state index contributed by atoms with van der Waals surface area (Å²) >= 11 is 0. The van der Waals surface area contributed by atoms with E-state index in [2.05, 4.69) is 10.6 Å². The molecule has 0 aliphatic carbocycles. The molecule has 1 saturated heterocycles. The van der Waals surface area contributed by atoms with E-state index in [-0.39, 0.29) is 12.3 Å². The fourth-order valence-corrected chi connectivity index (χ4v) is 0.941. The van der Waals surface area contributed by atoms with Crippen LogP contribution in [0.5, 0.6) is 0 Å². The second-order valence-corrected chi connectivity index (χ2v) is 2.24. The Labute approximate surface area is 59.9 Å². The van der Waals surface area contributed by atoms with Crippen molar-refractivity contribution >= 4 is 6.09 Å². The van der Waals surface area contributed by atoms with Crippen LogP contribution in [0.4, 0.5) is 4.79 Å². The molecule has 0 radical (unpaired) electrons. The van der Waals surface area contributed by atoms with E-state index in [1.165, 1.54) is 0 Å². The van der Waals surface area contributed by atoms with Gasteiger partial charge in [0, 0.05) is 7.05 Å². The van der Waals surface area contributed by atoms with Crippen molar-refractivity contribution in [1.29, 1.82) is 0 Å². The fraction of sp³-hybridized carbons (Fsp3) is 0.833. The van der Waals surface area contributed by atoms with Crippen molar-refractivity contribution < 1.29 is 9.53 Å². The zero-order valence-corrected chi connectivity index (χ0v) is 6.02. The van der Waals surface area contributed by atoms with E-state index in [1.807, 2.05) is 0 Å². The van der Waals surface area contributed by atoms with E-state index < -0.39 is 0 Å². The Morgan fingerprint density at radius 3 is 3.10 bits per heavy atom. The molecule has 0 bridgehead atoms. The molecule has 1 rings (SSSR count). The average Bonchev–Trinajstić information content (AvgIpc) is 2.40. The summed E-state index contributed by atoms with van der Waals surface area (Å²) in [5.41, 5.74) is 0. The Balaban J connectivity index is 2.17. The second-order valence-electron chi connectivity index (χ2n) is 2.24. The number of hydrogen-bond acceptors (Lipinski definition) is 3. The van der Waals surface area contributed by atoms with Crippen LogP contribution in [0.1, 0.15) is 12.8 Å². The third-order valence-electron chi connectivity index (χ3n) is 1.47. The molecule has 1 aliphatic rings. The molecule has 0 unspecified atom stereocenters. The van der Waals surface area contributed by atoms with Gasteiger partial charge in [-0.25, -0.2) is 4.79 Å². The van der Waals surface area contributed by atoms with Crippen molar-refractivity contribution in [3.63, 3.8) is 0 Å². The van der Waals surface area contributed by atoms with Gasteiger partial charge in [-0.2, -0.15) is 0 Å². The lowest BCUT2D eigenvalue weighted by atomic mass is 10.4.